The molecule has 0 aliphatic carbocycles. The Morgan fingerprint density at radius 1 is 1.29 bits per heavy atom. The second-order valence-electron chi connectivity index (χ2n) is 3.82. The van der Waals surface area contributed by atoms with Gasteiger partial charge in [-0.05, 0) is 33.5 Å². The van der Waals surface area contributed by atoms with E-state index < -0.39 is 0 Å². The number of nitrogens with zero attached hydrogens (tertiary/aromatic N) is 1. The highest BCUT2D eigenvalue weighted by Gasteiger charge is 1.99. The van der Waals surface area contributed by atoms with Gasteiger partial charge in [-0.15, -0.1) is 0 Å². The first-order valence-electron chi connectivity index (χ1n) is 5.37. The van der Waals surface area contributed by atoms with Crippen molar-refractivity contribution >= 4 is 5.91 Å². The molecule has 0 spiro atoms. The minimum atomic E-state index is 0.178. The van der Waals surface area contributed by atoms with Crippen LogP contribution in [0.25, 0.3) is 0 Å². The van der Waals surface area contributed by atoms with Gasteiger partial charge in [0.1, 0.15) is 0 Å². The van der Waals surface area contributed by atoms with Crippen molar-refractivity contribution in [1.82, 2.24) is 10.2 Å². The Hall–Kier alpha value is -0.570. The van der Waals surface area contributed by atoms with Crippen molar-refractivity contribution in [3.8, 4) is 0 Å². The fourth-order valence-corrected chi connectivity index (χ4v) is 1.17. The smallest absolute Gasteiger partial charge is 0.219 e. The maximum atomic E-state index is 11.2. The molecule has 0 heterocycles. The largest absolute Gasteiger partial charge is 0.356 e. The molecule has 1 radical (unpaired) electrons. The highest BCUT2D eigenvalue weighted by atomic mass is 16.1. The van der Waals surface area contributed by atoms with Gasteiger partial charge in [0.25, 0.3) is 0 Å². The van der Waals surface area contributed by atoms with E-state index in [9.17, 15) is 4.79 Å². The molecule has 0 aromatic carbocycles. The highest BCUT2D eigenvalue weighted by molar-refractivity contribution is 5.75. The molecular formula is C11H23N2O. The summed E-state index contributed by atoms with van der Waals surface area (Å²) in [5, 5.41) is 2.91. The molecule has 83 valence electrons. The van der Waals surface area contributed by atoms with Crippen LogP contribution in [-0.4, -0.2) is 38.0 Å². The third-order valence-corrected chi connectivity index (χ3v) is 2.01. The predicted octanol–water partition coefficient (Wildman–Crippen LogP) is 1.45. The first kappa shape index (κ1) is 13.4. The SMILES string of the molecule is [CH2]CCCCC(=O)NCCCN(C)C. The topological polar surface area (TPSA) is 32.3 Å². The third kappa shape index (κ3) is 9.52. The number of nitrogens with one attached hydrogen (secondary N) is 1. The Morgan fingerprint density at radius 3 is 2.57 bits per heavy atom. The summed E-state index contributed by atoms with van der Waals surface area (Å²) < 4.78 is 0. The number of carbonyl (C=O) groups is 1. The van der Waals surface area contributed by atoms with Crippen molar-refractivity contribution in [3.05, 3.63) is 6.92 Å². The van der Waals surface area contributed by atoms with E-state index >= 15 is 0 Å². The average molecular weight is 199 g/mol. The molecule has 0 fully saturated rings. The van der Waals surface area contributed by atoms with Crippen LogP contribution in [0.15, 0.2) is 0 Å². The number of unbranched alkanes of at least 4 members (excludes halogenated alkanes) is 2. The number of rotatable bonds is 8. The normalized spacial score (nSPS) is 10.6. The Labute approximate surface area is 87.9 Å². The molecule has 1 amide bonds. The Morgan fingerprint density at radius 2 is 2.00 bits per heavy atom. The maximum absolute atomic E-state index is 11.2. The molecule has 0 atom stereocenters. The van der Waals surface area contributed by atoms with Gasteiger partial charge in [-0.3, -0.25) is 4.79 Å². The summed E-state index contributed by atoms with van der Waals surface area (Å²) in [7, 11) is 4.08. The molecule has 0 saturated carbocycles. The Balaban J connectivity index is 3.18. The summed E-state index contributed by atoms with van der Waals surface area (Å²) >= 11 is 0. The summed E-state index contributed by atoms with van der Waals surface area (Å²) in [6.07, 6.45) is 4.60. The van der Waals surface area contributed by atoms with Crippen LogP contribution in [-0.2, 0) is 4.79 Å². The van der Waals surface area contributed by atoms with E-state index in [1.165, 1.54) is 0 Å². The van der Waals surface area contributed by atoms with Crippen LogP contribution in [0.3, 0.4) is 0 Å². The summed E-state index contributed by atoms with van der Waals surface area (Å²) in [5.74, 6) is 0.178. The lowest BCUT2D eigenvalue weighted by Crippen LogP contribution is -2.26. The molecule has 1 N–H and O–H groups in total. The molecule has 0 aliphatic rings. The van der Waals surface area contributed by atoms with E-state index in [4.69, 9.17) is 0 Å². The van der Waals surface area contributed by atoms with Crippen LogP contribution in [0.4, 0.5) is 0 Å². The lowest BCUT2D eigenvalue weighted by atomic mass is 10.2. The quantitative estimate of drug-likeness (QED) is 0.600. The molecule has 0 unspecified atom stereocenters. The second-order valence-corrected chi connectivity index (χ2v) is 3.82. The van der Waals surface area contributed by atoms with Gasteiger partial charge in [0.15, 0.2) is 0 Å². The second kappa shape index (κ2) is 9.00. The van der Waals surface area contributed by atoms with Gasteiger partial charge in [0.2, 0.25) is 5.91 Å². The van der Waals surface area contributed by atoms with Gasteiger partial charge in [-0.1, -0.05) is 19.8 Å². The Bertz CT molecular complexity index is 146. The van der Waals surface area contributed by atoms with E-state index in [2.05, 4.69) is 17.1 Å². The standard InChI is InChI=1S/C11H23N2O/c1-4-5-6-8-11(14)12-9-7-10-13(2)3/h1,4-10H2,2-3H3,(H,12,14). The van der Waals surface area contributed by atoms with Crippen LogP contribution in [0.2, 0.25) is 0 Å². The fraction of sp³-hybridized carbons (Fsp3) is 0.818. The fourth-order valence-electron chi connectivity index (χ4n) is 1.17. The molecule has 0 rings (SSSR count). The van der Waals surface area contributed by atoms with Crippen LogP contribution < -0.4 is 5.32 Å². The third-order valence-electron chi connectivity index (χ3n) is 2.01. The lowest BCUT2D eigenvalue weighted by Gasteiger charge is -2.09. The number of amides is 1. The molecule has 3 heteroatoms. The van der Waals surface area contributed by atoms with E-state index in [1.54, 1.807) is 0 Å². The molecule has 0 saturated heterocycles. The van der Waals surface area contributed by atoms with Crippen LogP contribution in [0.1, 0.15) is 32.1 Å². The van der Waals surface area contributed by atoms with Crippen molar-refractivity contribution in [2.24, 2.45) is 0 Å². The van der Waals surface area contributed by atoms with Crippen LogP contribution in [0, 0.1) is 6.92 Å². The number of carbonyl (C=O) groups excluding carboxylic acids is 1. The van der Waals surface area contributed by atoms with Crippen molar-refractivity contribution in [2.45, 2.75) is 32.1 Å². The summed E-state index contributed by atoms with van der Waals surface area (Å²) in [6, 6.07) is 0. The van der Waals surface area contributed by atoms with Gasteiger partial charge >= 0.3 is 0 Å². The van der Waals surface area contributed by atoms with E-state index in [0.29, 0.717) is 6.42 Å². The Kier molecular flexibility index (Phi) is 8.64. The summed E-state index contributed by atoms with van der Waals surface area (Å²) in [5.41, 5.74) is 0. The molecular weight excluding hydrogens is 176 g/mol. The van der Waals surface area contributed by atoms with E-state index in [0.717, 1.165) is 38.8 Å². The van der Waals surface area contributed by atoms with Gasteiger partial charge in [0.05, 0.1) is 0 Å². The predicted molar refractivity (Wildman–Crippen MR) is 60.0 cm³/mol. The summed E-state index contributed by atoms with van der Waals surface area (Å²) in [4.78, 5) is 13.3. The minimum absolute atomic E-state index is 0.178. The maximum Gasteiger partial charge on any atom is 0.219 e. The zero-order valence-corrected chi connectivity index (χ0v) is 9.51. The van der Waals surface area contributed by atoms with Gasteiger partial charge in [-0.2, -0.15) is 0 Å². The van der Waals surface area contributed by atoms with Crippen molar-refractivity contribution < 1.29 is 4.79 Å². The highest BCUT2D eigenvalue weighted by Crippen LogP contribution is 1.97. The number of hydrogen-bond donors (Lipinski definition) is 1. The van der Waals surface area contributed by atoms with Crippen LogP contribution >= 0.6 is 0 Å². The van der Waals surface area contributed by atoms with Crippen molar-refractivity contribution in [1.29, 1.82) is 0 Å². The molecule has 0 bridgehead atoms. The minimum Gasteiger partial charge on any atom is -0.356 e. The average Bonchev–Trinajstić information content (AvgIpc) is 2.13. The molecule has 0 aromatic heterocycles. The summed E-state index contributed by atoms with van der Waals surface area (Å²) in [6.45, 7) is 5.56. The first-order chi connectivity index (χ1) is 6.66. The molecule has 0 aromatic rings. The first-order valence-corrected chi connectivity index (χ1v) is 5.37. The lowest BCUT2D eigenvalue weighted by molar-refractivity contribution is -0.121. The zero-order chi connectivity index (χ0) is 10.8. The van der Waals surface area contributed by atoms with E-state index in [1.807, 2.05) is 14.1 Å². The number of hydrogen-bond acceptors (Lipinski definition) is 2. The van der Waals surface area contributed by atoms with Gasteiger partial charge < -0.3 is 10.2 Å². The van der Waals surface area contributed by atoms with Crippen LogP contribution in [0.5, 0.6) is 0 Å². The molecule has 0 aliphatic heterocycles. The zero-order valence-electron chi connectivity index (χ0n) is 9.51. The van der Waals surface area contributed by atoms with Crippen molar-refractivity contribution in [3.63, 3.8) is 0 Å². The van der Waals surface area contributed by atoms with Gasteiger partial charge in [0, 0.05) is 13.0 Å². The van der Waals surface area contributed by atoms with E-state index in [-0.39, 0.29) is 5.91 Å². The van der Waals surface area contributed by atoms with Crippen molar-refractivity contribution in [2.75, 3.05) is 27.2 Å². The van der Waals surface area contributed by atoms with Gasteiger partial charge in [-0.25, -0.2) is 0 Å². The molecule has 14 heavy (non-hydrogen) atoms. The monoisotopic (exact) mass is 199 g/mol. The molecule has 3 nitrogen and oxygen atoms in total.